The van der Waals surface area contributed by atoms with Crippen LogP contribution in [0.4, 0.5) is 0 Å². The maximum atomic E-state index is 6.59. The second-order valence-corrected chi connectivity index (χ2v) is 7.57. The van der Waals surface area contributed by atoms with Gasteiger partial charge in [0.15, 0.2) is 0 Å². The minimum Gasteiger partial charge on any atom is -0.371 e. The molecule has 0 saturated heterocycles. The smallest absolute Gasteiger partial charge is 0.0782 e. The highest BCUT2D eigenvalue weighted by atomic mass is 79.9. The zero-order valence-electron chi connectivity index (χ0n) is 12.3. The van der Waals surface area contributed by atoms with Gasteiger partial charge in [0.1, 0.15) is 0 Å². The van der Waals surface area contributed by atoms with E-state index in [1.165, 1.54) is 44.9 Å². The Kier molecular flexibility index (Phi) is 5.16. The van der Waals surface area contributed by atoms with E-state index in [0.717, 1.165) is 23.1 Å². The van der Waals surface area contributed by atoms with Gasteiger partial charge in [-0.15, -0.1) is 0 Å². The van der Waals surface area contributed by atoms with Gasteiger partial charge in [-0.25, -0.2) is 0 Å². The maximum absolute atomic E-state index is 6.59. The third-order valence-corrected chi connectivity index (χ3v) is 6.42. The summed E-state index contributed by atoms with van der Waals surface area (Å²) in [5.41, 5.74) is 0.150. The predicted octanol–water partition coefficient (Wildman–Crippen LogP) is 5.17. The van der Waals surface area contributed by atoms with Gasteiger partial charge in [0.25, 0.3) is 0 Å². The van der Waals surface area contributed by atoms with Gasteiger partial charge in [0.2, 0.25) is 0 Å². The van der Waals surface area contributed by atoms with Crippen molar-refractivity contribution >= 4 is 15.9 Å². The van der Waals surface area contributed by atoms with E-state index in [2.05, 4.69) is 36.7 Å². The Labute approximate surface area is 121 Å². The fraction of sp³-hybridized carbons (Fsp3) is 1.00. The topological polar surface area (TPSA) is 9.23 Å². The number of rotatable bonds is 3. The largest absolute Gasteiger partial charge is 0.371 e. The van der Waals surface area contributed by atoms with E-state index in [1.54, 1.807) is 0 Å². The zero-order valence-corrected chi connectivity index (χ0v) is 13.8. The van der Waals surface area contributed by atoms with Crippen LogP contribution >= 0.6 is 15.9 Å². The number of alkyl halides is 1. The molecule has 2 aliphatic rings. The Bertz CT molecular complexity index is 258. The normalized spacial score (nSPS) is 46.0. The zero-order chi connectivity index (χ0) is 13.2. The molecule has 0 bridgehead atoms. The van der Waals surface area contributed by atoms with E-state index in [9.17, 15) is 0 Å². The molecule has 106 valence electrons. The van der Waals surface area contributed by atoms with Crippen LogP contribution < -0.4 is 0 Å². The third kappa shape index (κ3) is 3.50. The lowest BCUT2D eigenvalue weighted by molar-refractivity contribution is -0.123. The van der Waals surface area contributed by atoms with Gasteiger partial charge in [-0.2, -0.15) is 0 Å². The predicted molar refractivity (Wildman–Crippen MR) is 81.2 cm³/mol. The van der Waals surface area contributed by atoms with Crippen molar-refractivity contribution in [2.75, 3.05) is 5.33 Å². The van der Waals surface area contributed by atoms with Crippen molar-refractivity contribution in [3.05, 3.63) is 0 Å². The summed E-state index contributed by atoms with van der Waals surface area (Å²) >= 11 is 3.72. The van der Waals surface area contributed by atoms with Crippen LogP contribution in [0, 0.1) is 17.8 Å². The fourth-order valence-electron chi connectivity index (χ4n) is 3.53. The van der Waals surface area contributed by atoms with Crippen LogP contribution in [0.2, 0.25) is 0 Å². The van der Waals surface area contributed by atoms with Gasteiger partial charge < -0.3 is 4.74 Å². The van der Waals surface area contributed by atoms with Gasteiger partial charge in [-0.3, -0.25) is 0 Å². The molecule has 0 heterocycles. The van der Waals surface area contributed by atoms with E-state index < -0.39 is 0 Å². The summed E-state index contributed by atoms with van der Waals surface area (Å²) < 4.78 is 6.59. The Morgan fingerprint density at radius 3 is 2.22 bits per heavy atom. The molecule has 0 aromatic heterocycles. The van der Waals surface area contributed by atoms with E-state index in [1.807, 2.05) is 0 Å². The molecule has 2 rings (SSSR count). The van der Waals surface area contributed by atoms with Gasteiger partial charge >= 0.3 is 0 Å². The number of hydrogen-bond donors (Lipinski definition) is 0. The highest BCUT2D eigenvalue weighted by Gasteiger charge is 2.38. The minimum absolute atomic E-state index is 0.150. The molecular formula is C16H29BrO. The quantitative estimate of drug-likeness (QED) is 0.652. The third-order valence-electron chi connectivity index (χ3n) is 5.40. The van der Waals surface area contributed by atoms with Crippen LogP contribution in [0.15, 0.2) is 0 Å². The fourth-order valence-corrected chi connectivity index (χ4v) is 4.22. The average Bonchev–Trinajstić information content (AvgIpc) is 2.37. The minimum atomic E-state index is 0.150. The summed E-state index contributed by atoms with van der Waals surface area (Å²) in [6, 6.07) is 0. The van der Waals surface area contributed by atoms with Crippen molar-refractivity contribution in [1.29, 1.82) is 0 Å². The molecule has 3 atom stereocenters. The molecule has 18 heavy (non-hydrogen) atoms. The first-order chi connectivity index (χ1) is 8.54. The van der Waals surface area contributed by atoms with Crippen LogP contribution in [0.25, 0.3) is 0 Å². The molecule has 2 aliphatic carbocycles. The summed E-state index contributed by atoms with van der Waals surface area (Å²) in [5.74, 6) is 2.61. The van der Waals surface area contributed by atoms with Crippen LogP contribution in [-0.4, -0.2) is 17.0 Å². The Hall–Kier alpha value is 0.440. The number of hydrogen-bond acceptors (Lipinski definition) is 1. The molecule has 0 amide bonds. The van der Waals surface area contributed by atoms with E-state index in [4.69, 9.17) is 4.74 Å². The highest BCUT2D eigenvalue weighted by Crippen LogP contribution is 2.40. The van der Waals surface area contributed by atoms with Crippen LogP contribution in [0.1, 0.15) is 65.7 Å². The Morgan fingerprint density at radius 2 is 1.67 bits per heavy atom. The Morgan fingerprint density at radius 1 is 1.00 bits per heavy atom. The SMILES string of the molecule is CC1CCC(CBr)(OC2CCC(C)C(C)C2)CC1. The molecule has 1 nitrogen and oxygen atoms in total. The lowest BCUT2D eigenvalue weighted by atomic mass is 9.78. The Balaban J connectivity index is 1.90. The standard InChI is InChI=1S/C16H29BrO/c1-12-6-8-16(11-17,9-7-12)18-15-5-4-13(2)14(3)10-15/h12-15H,4-11H2,1-3H3. The summed E-state index contributed by atoms with van der Waals surface area (Å²) in [4.78, 5) is 0. The summed E-state index contributed by atoms with van der Waals surface area (Å²) in [7, 11) is 0. The first kappa shape index (κ1) is 14.8. The lowest BCUT2D eigenvalue weighted by Crippen LogP contribution is -2.43. The number of ether oxygens (including phenoxy) is 1. The molecule has 0 radical (unpaired) electrons. The molecule has 0 spiro atoms. The van der Waals surface area contributed by atoms with Crippen LogP contribution in [-0.2, 0) is 4.74 Å². The van der Waals surface area contributed by atoms with Crippen LogP contribution in [0.5, 0.6) is 0 Å². The lowest BCUT2D eigenvalue weighted by Gasteiger charge is -2.43. The summed E-state index contributed by atoms with van der Waals surface area (Å²) in [6.45, 7) is 7.16. The molecule has 0 aromatic carbocycles. The summed E-state index contributed by atoms with van der Waals surface area (Å²) in [6.07, 6.45) is 9.58. The second kappa shape index (κ2) is 6.26. The molecule has 0 aromatic rings. The monoisotopic (exact) mass is 316 g/mol. The van der Waals surface area contributed by atoms with Gasteiger partial charge in [0, 0.05) is 5.33 Å². The van der Waals surface area contributed by atoms with Gasteiger partial charge in [-0.05, 0) is 62.7 Å². The second-order valence-electron chi connectivity index (χ2n) is 7.01. The molecule has 2 fully saturated rings. The van der Waals surface area contributed by atoms with E-state index in [-0.39, 0.29) is 5.60 Å². The van der Waals surface area contributed by atoms with Gasteiger partial charge in [-0.1, -0.05) is 36.7 Å². The van der Waals surface area contributed by atoms with Crippen molar-refractivity contribution in [3.8, 4) is 0 Å². The first-order valence-corrected chi connectivity index (χ1v) is 8.90. The molecule has 2 heteroatoms. The van der Waals surface area contributed by atoms with Gasteiger partial charge in [0.05, 0.1) is 11.7 Å². The van der Waals surface area contributed by atoms with E-state index in [0.29, 0.717) is 6.10 Å². The van der Waals surface area contributed by atoms with Crippen molar-refractivity contribution < 1.29 is 4.74 Å². The van der Waals surface area contributed by atoms with Crippen molar-refractivity contribution in [1.82, 2.24) is 0 Å². The molecular weight excluding hydrogens is 288 g/mol. The van der Waals surface area contributed by atoms with E-state index >= 15 is 0 Å². The van der Waals surface area contributed by atoms with Crippen molar-refractivity contribution in [2.45, 2.75) is 77.4 Å². The maximum Gasteiger partial charge on any atom is 0.0782 e. The first-order valence-electron chi connectivity index (χ1n) is 7.78. The average molecular weight is 317 g/mol. The number of halogens is 1. The molecule has 0 aliphatic heterocycles. The molecule has 3 unspecified atom stereocenters. The van der Waals surface area contributed by atoms with Crippen molar-refractivity contribution in [2.24, 2.45) is 17.8 Å². The summed E-state index contributed by atoms with van der Waals surface area (Å²) in [5, 5.41) is 1.02. The highest BCUT2D eigenvalue weighted by molar-refractivity contribution is 9.09. The van der Waals surface area contributed by atoms with Crippen molar-refractivity contribution in [3.63, 3.8) is 0 Å². The molecule has 0 N–H and O–H groups in total. The van der Waals surface area contributed by atoms with Crippen LogP contribution in [0.3, 0.4) is 0 Å². The molecule has 2 saturated carbocycles.